The molecule has 0 bridgehead atoms. The molecule has 128 valence electrons. The molecule has 1 saturated heterocycles. The first-order valence-electron chi connectivity index (χ1n) is 8.12. The summed E-state index contributed by atoms with van der Waals surface area (Å²) in [6, 6.07) is 7.17. The second-order valence-corrected chi connectivity index (χ2v) is 6.11. The Morgan fingerprint density at radius 1 is 1.30 bits per heavy atom. The van der Waals surface area contributed by atoms with Crippen LogP contribution in [0.2, 0.25) is 0 Å². The van der Waals surface area contributed by atoms with Crippen molar-refractivity contribution in [2.45, 2.75) is 44.9 Å². The molecule has 1 heterocycles. The fourth-order valence-corrected chi connectivity index (χ4v) is 2.78. The van der Waals surface area contributed by atoms with Crippen molar-refractivity contribution >= 4 is 29.9 Å². The highest BCUT2D eigenvalue weighted by molar-refractivity contribution is 14.0. The third-order valence-electron chi connectivity index (χ3n) is 4.02. The molecule has 0 aromatic heterocycles. The molecular formula is C17H25FIN3O. The van der Waals surface area contributed by atoms with Crippen LogP contribution < -0.4 is 5.32 Å². The molecular weight excluding hydrogens is 408 g/mol. The van der Waals surface area contributed by atoms with Gasteiger partial charge in [-0.3, -0.25) is 4.99 Å². The van der Waals surface area contributed by atoms with E-state index < -0.39 is 0 Å². The van der Waals surface area contributed by atoms with Gasteiger partial charge in [-0.25, -0.2) is 4.39 Å². The van der Waals surface area contributed by atoms with Crippen molar-refractivity contribution in [3.63, 3.8) is 0 Å². The van der Waals surface area contributed by atoms with Crippen molar-refractivity contribution in [2.75, 3.05) is 19.6 Å². The number of hydrogen-bond donors (Lipinski definition) is 1. The zero-order valence-corrected chi connectivity index (χ0v) is 16.0. The van der Waals surface area contributed by atoms with Crippen molar-refractivity contribution in [1.82, 2.24) is 10.2 Å². The average molecular weight is 433 g/mol. The molecule has 23 heavy (non-hydrogen) atoms. The standard InChI is InChI=1S/C17H24FN3O.HI/c1-3-19-17(20-15-8-9-15)21-10-12(2)22-16(11-21)13-4-6-14(18)7-5-13;/h4-7,12,15-16H,3,8-11H2,1-2H3,(H,19,20);1H. The smallest absolute Gasteiger partial charge is 0.194 e. The fraction of sp³-hybridized carbons (Fsp3) is 0.588. The quantitative estimate of drug-likeness (QED) is 0.452. The highest BCUT2D eigenvalue weighted by Crippen LogP contribution is 2.26. The Hall–Kier alpha value is -0.890. The van der Waals surface area contributed by atoms with Crippen LogP contribution in [0.5, 0.6) is 0 Å². The molecule has 0 spiro atoms. The second-order valence-electron chi connectivity index (χ2n) is 6.11. The first-order chi connectivity index (χ1) is 10.7. The van der Waals surface area contributed by atoms with E-state index in [4.69, 9.17) is 4.74 Å². The number of guanidine groups is 1. The number of rotatable bonds is 3. The van der Waals surface area contributed by atoms with Gasteiger partial charge in [0.05, 0.1) is 12.6 Å². The maximum Gasteiger partial charge on any atom is 0.194 e. The number of nitrogens with zero attached hydrogens (tertiary/aromatic N) is 2. The summed E-state index contributed by atoms with van der Waals surface area (Å²) in [5.41, 5.74) is 1.01. The minimum Gasteiger partial charge on any atom is -0.367 e. The number of benzene rings is 1. The molecule has 2 fully saturated rings. The van der Waals surface area contributed by atoms with Crippen LogP contribution in [-0.4, -0.2) is 42.6 Å². The molecule has 1 N–H and O–H groups in total. The normalized spacial score (nSPS) is 25.0. The molecule has 1 saturated carbocycles. The molecule has 2 unspecified atom stereocenters. The van der Waals surface area contributed by atoms with E-state index in [9.17, 15) is 4.39 Å². The van der Waals surface area contributed by atoms with Crippen LogP contribution in [0.15, 0.2) is 29.3 Å². The summed E-state index contributed by atoms with van der Waals surface area (Å²) in [5.74, 6) is 0.764. The van der Waals surface area contributed by atoms with E-state index in [0.717, 1.165) is 31.2 Å². The molecule has 1 aliphatic heterocycles. The van der Waals surface area contributed by atoms with Crippen LogP contribution in [0.25, 0.3) is 0 Å². The van der Waals surface area contributed by atoms with Crippen LogP contribution in [0.4, 0.5) is 4.39 Å². The summed E-state index contributed by atoms with van der Waals surface area (Å²) >= 11 is 0. The van der Waals surface area contributed by atoms with Crippen LogP contribution in [0, 0.1) is 5.82 Å². The van der Waals surface area contributed by atoms with Crippen molar-refractivity contribution in [3.8, 4) is 0 Å². The lowest BCUT2D eigenvalue weighted by atomic mass is 10.1. The van der Waals surface area contributed by atoms with Gasteiger partial charge in [0, 0.05) is 19.1 Å². The van der Waals surface area contributed by atoms with Gasteiger partial charge >= 0.3 is 0 Å². The zero-order valence-electron chi connectivity index (χ0n) is 13.7. The SMILES string of the molecule is CCN=C(NC1CC1)N1CC(C)OC(c2ccc(F)cc2)C1.I. The Morgan fingerprint density at radius 2 is 2.00 bits per heavy atom. The number of hydrogen-bond acceptors (Lipinski definition) is 2. The lowest BCUT2D eigenvalue weighted by Gasteiger charge is -2.39. The van der Waals surface area contributed by atoms with Crippen molar-refractivity contribution in [1.29, 1.82) is 0 Å². The minimum atomic E-state index is -0.215. The number of halogens is 2. The third-order valence-corrected chi connectivity index (χ3v) is 4.02. The zero-order chi connectivity index (χ0) is 15.5. The fourth-order valence-electron chi connectivity index (χ4n) is 2.78. The van der Waals surface area contributed by atoms with E-state index in [1.54, 1.807) is 12.1 Å². The largest absolute Gasteiger partial charge is 0.367 e. The molecule has 1 aliphatic carbocycles. The molecule has 1 aromatic rings. The van der Waals surface area contributed by atoms with Crippen molar-refractivity contribution in [3.05, 3.63) is 35.6 Å². The molecule has 1 aromatic carbocycles. The highest BCUT2D eigenvalue weighted by atomic mass is 127. The molecule has 0 amide bonds. The summed E-state index contributed by atoms with van der Waals surface area (Å²) in [6.45, 7) is 6.46. The number of ether oxygens (including phenoxy) is 1. The van der Waals surface area contributed by atoms with Gasteiger partial charge in [0.2, 0.25) is 0 Å². The number of nitrogens with one attached hydrogen (secondary N) is 1. The van der Waals surface area contributed by atoms with Crippen LogP contribution in [0.1, 0.15) is 38.4 Å². The maximum absolute atomic E-state index is 13.1. The van der Waals surface area contributed by atoms with E-state index in [0.29, 0.717) is 6.04 Å². The highest BCUT2D eigenvalue weighted by Gasteiger charge is 2.31. The summed E-state index contributed by atoms with van der Waals surface area (Å²) in [5, 5.41) is 3.52. The van der Waals surface area contributed by atoms with Crippen molar-refractivity contribution in [2.24, 2.45) is 4.99 Å². The van der Waals surface area contributed by atoms with E-state index in [2.05, 4.69) is 29.1 Å². The van der Waals surface area contributed by atoms with E-state index >= 15 is 0 Å². The Morgan fingerprint density at radius 3 is 2.61 bits per heavy atom. The van der Waals surface area contributed by atoms with Gasteiger partial charge in [0.25, 0.3) is 0 Å². The first-order valence-corrected chi connectivity index (χ1v) is 8.12. The monoisotopic (exact) mass is 433 g/mol. The third kappa shape index (κ3) is 5.04. The van der Waals surface area contributed by atoms with Crippen molar-refractivity contribution < 1.29 is 9.13 Å². The van der Waals surface area contributed by atoms with E-state index in [1.807, 2.05) is 0 Å². The second kappa shape index (κ2) is 8.28. The van der Waals surface area contributed by atoms with Crippen LogP contribution in [-0.2, 0) is 4.74 Å². The molecule has 3 rings (SSSR count). The molecule has 2 atom stereocenters. The predicted molar refractivity (Wildman–Crippen MR) is 101 cm³/mol. The Balaban J connectivity index is 0.00000192. The number of aliphatic imine (C=N–C) groups is 1. The Kier molecular flexibility index (Phi) is 6.64. The van der Waals surface area contributed by atoms with Gasteiger partial charge in [-0.05, 0) is 44.4 Å². The Bertz CT molecular complexity index is 533. The first kappa shape index (κ1) is 18.4. The van der Waals surface area contributed by atoms with Gasteiger partial charge < -0.3 is 15.0 Å². The van der Waals surface area contributed by atoms with Crippen LogP contribution >= 0.6 is 24.0 Å². The van der Waals surface area contributed by atoms with E-state index in [1.165, 1.54) is 25.0 Å². The molecule has 0 radical (unpaired) electrons. The van der Waals surface area contributed by atoms with Gasteiger partial charge in [-0.15, -0.1) is 24.0 Å². The average Bonchev–Trinajstić information content (AvgIpc) is 3.31. The molecule has 2 aliphatic rings. The van der Waals surface area contributed by atoms with Gasteiger partial charge in [-0.1, -0.05) is 12.1 Å². The van der Waals surface area contributed by atoms with E-state index in [-0.39, 0.29) is 42.0 Å². The summed E-state index contributed by atoms with van der Waals surface area (Å²) < 4.78 is 19.2. The summed E-state index contributed by atoms with van der Waals surface area (Å²) in [6.07, 6.45) is 2.52. The summed E-state index contributed by atoms with van der Waals surface area (Å²) in [7, 11) is 0. The predicted octanol–water partition coefficient (Wildman–Crippen LogP) is 3.33. The molecule has 6 heteroatoms. The van der Waals surface area contributed by atoms with Gasteiger partial charge in [0.15, 0.2) is 5.96 Å². The molecule has 4 nitrogen and oxygen atoms in total. The minimum absolute atomic E-state index is 0. The lowest BCUT2D eigenvalue weighted by molar-refractivity contribution is -0.0605. The van der Waals surface area contributed by atoms with Gasteiger partial charge in [0.1, 0.15) is 11.9 Å². The van der Waals surface area contributed by atoms with Gasteiger partial charge in [-0.2, -0.15) is 0 Å². The summed E-state index contributed by atoms with van der Waals surface area (Å²) in [4.78, 5) is 6.89. The van der Waals surface area contributed by atoms with Crippen LogP contribution in [0.3, 0.4) is 0 Å². The lowest BCUT2D eigenvalue weighted by Crippen LogP contribution is -2.51. The topological polar surface area (TPSA) is 36.9 Å². The maximum atomic E-state index is 13.1. The number of morpholine rings is 1. The Labute approximate surface area is 154 Å².